The van der Waals surface area contributed by atoms with Crippen LogP contribution in [0.5, 0.6) is 0 Å². The van der Waals surface area contributed by atoms with Crippen LogP contribution in [0.3, 0.4) is 0 Å². The van der Waals surface area contributed by atoms with Crippen molar-refractivity contribution < 1.29 is 14.3 Å². The number of carbonyl (C=O) groups excluding carboxylic acids is 1. The SMILES string of the molecule is COC1C=CCC(C(C)NC(C)=O)O1. The van der Waals surface area contributed by atoms with E-state index in [0.29, 0.717) is 0 Å². The predicted molar refractivity (Wildman–Crippen MR) is 52.7 cm³/mol. The summed E-state index contributed by atoms with van der Waals surface area (Å²) >= 11 is 0. The van der Waals surface area contributed by atoms with E-state index in [1.54, 1.807) is 7.11 Å². The van der Waals surface area contributed by atoms with Gasteiger partial charge in [0.2, 0.25) is 5.91 Å². The molecule has 0 fully saturated rings. The zero-order valence-electron chi connectivity index (χ0n) is 8.82. The smallest absolute Gasteiger partial charge is 0.217 e. The summed E-state index contributed by atoms with van der Waals surface area (Å²) in [5.74, 6) is -0.0374. The van der Waals surface area contributed by atoms with Gasteiger partial charge in [0, 0.05) is 14.0 Å². The van der Waals surface area contributed by atoms with Gasteiger partial charge in [-0.15, -0.1) is 0 Å². The molecule has 0 aromatic rings. The van der Waals surface area contributed by atoms with E-state index in [4.69, 9.17) is 9.47 Å². The Morgan fingerprint density at radius 2 is 2.43 bits per heavy atom. The Hall–Kier alpha value is -0.870. The Morgan fingerprint density at radius 3 is 3.00 bits per heavy atom. The first kappa shape index (κ1) is 11.2. The molecule has 14 heavy (non-hydrogen) atoms. The third-order valence-corrected chi connectivity index (χ3v) is 2.19. The molecule has 0 aromatic carbocycles. The molecule has 0 aliphatic carbocycles. The Bertz CT molecular complexity index is 227. The summed E-state index contributed by atoms with van der Waals surface area (Å²) in [5, 5.41) is 2.80. The fourth-order valence-electron chi connectivity index (χ4n) is 1.47. The molecule has 0 radical (unpaired) electrons. The molecule has 4 heteroatoms. The summed E-state index contributed by atoms with van der Waals surface area (Å²) in [6, 6.07) is 0.00935. The quantitative estimate of drug-likeness (QED) is 0.685. The number of methoxy groups -OCH3 is 1. The van der Waals surface area contributed by atoms with Crippen LogP contribution in [-0.2, 0) is 14.3 Å². The zero-order chi connectivity index (χ0) is 10.6. The number of rotatable bonds is 3. The van der Waals surface area contributed by atoms with Crippen LogP contribution in [0, 0.1) is 0 Å². The molecule has 1 aliphatic rings. The van der Waals surface area contributed by atoms with Gasteiger partial charge in [-0.1, -0.05) is 6.08 Å². The van der Waals surface area contributed by atoms with Gasteiger partial charge in [-0.25, -0.2) is 0 Å². The Kier molecular flexibility index (Phi) is 4.10. The number of hydrogen-bond donors (Lipinski definition) is 1. The molecule has 0 aromatic heterocycles. The third kappa shape index (κ3) is 3.12. The number of ether oxygens (including phenoxy) is 2. The summed E-state index contributed by atoms with van der Waals surface area (Å²) in [5.41, 5.74) is 0. The normalized spacial score (nSPS) is 28.5. The minimum absolute atomic E-state index is 0.00569. The maximum atomic E-state index is 10.8. The highest BCUT2D eigenvalue weighted by Gasteiger charge is 2.23. The topological polar surface area (TPSA) is 47.6 Å². The van der Waals surface area contributed by atoms with Crippen molar-refractivity contribution >= 4 is 5.91 Å². The Morgan fingerprint density at radius 1 is 1.71 bits per heavy atom. The van der Waals surface area contributed by atoms with Gasteiger partial charge < -0.3 is 14.8 Å². The fraction of sp³-hybridized carbons (Fsp3) is 0.700. The number of carbonyl (C=O) groups is 1. The summed E-state index contributed by atoms with van der Waals surface area (Å²) in [6.07, 6.45) is 4.40. The van der Waals surface area contributed by atoms with Crippen molar-refractivity contribution in [2.45, 2.75) is 38.7 Å². The fourth-order valence-corrected chi connectivity index (χ4v) is 1.47. The van der Waals surface area contributed by atoms with Crippen molar-refractivity contribution in [3.8, 4) is 0 Å². The van der Waals surface area contributed by atoms with E-state index in [9.17, 15) is 4.79 Å². The van der Waals surface area contributed by atoms with Gasteiger partial charge in [-0.2, -0.15) is 0 Å². The molecule has 0 saturated carbocycles. The van der Waals surface area contributed by atoms with Gasteiger partial charge in [0.25, 0.3) is 0 Å². The predicted octanol–water partition coefficient (Wildman–Crippen LogP) is 0.829. The largest absolute Gasteiger partial charge is 0.352 e. The van der Waals surface area contributed by atoms with Gasteiger partial charge in [0.1, 0.15) is 0 Å². The van der Waals surface area contributed by atoms with Crippen molar-refractivity contribution in [3.05, 3.63) is 12.2 Å². The van der Waals surface area contributed by atoms with Crippen LogP contribution in [0.1, 0.15) is 20.3 Å². The summed E-state index contributed by atoms with van der Waals surface area (Å²) in [7, 11) is 1.60. The lowest BCUT2D eigenvalue weighted by molar-refractivity contribution is -0.142. The van der Waals surface area contributed by atoms with E-state index in [1.165, 1.54) is 6.92 Å². The lowest BCUT2D eigenvalue weighted by Crippen LogP contribution is -2.44. The Labute approximate surface area is 84.3 Å². The van der Waals surface area contributed by atoms with Gasteiger partial charge in [0.15, 0.2) is 6.29 Å². The lowest BCUT2D eigenvalue weighted by Gasteiger charge is -2.29. The van der Waals surface area contributed by atoms with E-state index in [0.717, 1.165) is 6.42 Å². The first-order valence-electron chi connectivity index (χ1n) is 4.75. The monoisotopic (exact) mass is 199 g/mol. The zero-order valence-corrected chi connectivity index (χ0v) is 8.82. The molecule has 80 valence electrons. The van der Waals surface area contributed by atoms with Gasteiger partial charge in [-0.05, 0) is 19.4 Å². The third-order valence-electron chi connectivity index (χ3n) is 2.19. The van der Waals surface area contributed by atoms with Crippen LogP contribution in [-0.4, -0.2) is 31.5 Å². The molecule has 1 N–H and O–H groups in total. The van der Waals surface area contributed by atoms with E-state index >= 15 is 0 Å². The standard InChI is InChI=1S/C10H17NO3/c1-7(11-8(2)12)9-5-4-6-10(13-3)14-9/h4,6-7,9-10H,5H2,1-3H3,(H,11,12). The minimum atomic E-state index is -0.287. The average Bonchev–Trinajstić information content (AvgIpc) is 2.17. The highest BCUT2D eigenvalue weighted by molar-refractivity contribution is 5.73. The minimum Gasteiger partial charge on any atom is -0.352 e. The van der Waals surface area contributed by atoms with E-state index in [1.807, 2.05) is 19.1 Å². The van der Waals surface area contributed by atoms with Crippen molar-refractivity contribution in [1.29, 1.82) is 0 Å². The summed E-state index contributed by atoms with van der Waals surface area (Å²) in [6.45, 7) is 3.43. The Balaban J connectivity index is 2.45. The molecule has 4 nitrogen and oxygen atoms in total. The second kappa shape index (κ2) is 5.12. The van der Waals surface area contributed by atoms with Crippen LogP contribution in [0.25, 0.3) is 0 Å². The van der Waals surface area contributed by atoms with E-state index < -0.39 is 0 Å². The molecule has 1 heterocycles. The molecule has 3 atom stereocenters. The molecular formula is C10H17NO3. The first-order chi connectivity index (χ1) is 6.63. The number of amides is 1. The van der Waals surface area contributed by atoms with Crippen LogP contribution in [0.4, 0.5) is 0 Å². The molecule has 1 amide bonds. The molecule has 0 saturated heterocycles. The molecule has 1 rings (SSSR count). The van der Waals surface area contributed by atoms with E-state index in [2.05, 4.69) is 5.32 Å². The van der Waals surface area contributed by atoms with Crippen molar-refractivity contribution in [1.82, 2.24) is 5.32 Å². The van der Waals surface area contributed by atoms with Gasteiger partial charge in [-0.3, -0.25) is 4.79 Å². The van der Waals surface area contributed by atoms with Gasteiger partial charge >= 0.3 is 0 Å². The lowest BCUT2D eigenvalue weighted by atomic mass is 10.1. The maximum absolute atomic E-state index is 10.8. The van der Waals surface area contributed by atoms with Crippen LogP contribution in [0.2, 0.25) is 0 Å². The highest BCUT2D eigenvalue weighted by Crippen LogP contribution is 2.15. The van der Waals surface area contributed by atoms with Crippen molar-refractivity contribution in [2.24, 2.45) is 0 Å². The number of nitrogens with one attached hydrogen (secondary N) is 1. The molecular weight excluding hydrogens is 182 g/mol. The maximum Gasteiger partial charge on any atom is 0.217 e. The van der Waals surface area contributed by atoms with Crippen LogP contribution in [0.15, 0.2) is 12.2 Å². The van der Waals surface area contributed by atoms with Crippen molar-refractivity contribution in [2.75, 3.05) is 7.11 Å². The first-order valence-corrected chi connectivity index (χ1v) is 4.75. The molecule has 0 spiro atoms. The summed E-state index contributed by atoms with van der Waals surface area (Å²) in [4.78, 5) is 10.8. The molecule has 0 bridgehead atoms. The van der Waals surface area contributed by atoms with Crippen molar-refractivity contribution in [3.63, 3.8) is 0 Å². The second-order valence-electron chi connectivity index (χ2n) is 3.43. The highest BCUT2D eigenvalue weighted by atomic mass is 16.7. The second-order valence-corrected chi connectivity index (χ2v) is 3.43. The molecule has 3 unspecified atom stereocenters. The van der Waals surface area contributed by atoms with Crippen LogP contribution >= 0.6 is 0 Å². The summed E-state index contributed by atoms with van der Waals surface area (Å²) < 4.78 is 10.6. The number of hydrogen-bond acceptors (Lipinski definition) is 3. The molecule has 1 aliphatic heterocycles. The van der Waals surface area contributed by atoms with E-state index in [-0.39, 0.29) is 24.3 Å². The van der Waals surface area contributed by atoms with Crippen LogP contribution < -0.4 is 5.32 Å². The van der Waals surface area contributed by atoms with Gasteiger partial charge in [0.05, 0.1) is 12.1 Å². The average molecular weight is 199 g/mol.